The first kappa shape index (κ1) is 24.8. The Hall–Kier alpha value is -3.86. The Balaban J connectivity index is 1.47. The number of carbonyl (C=O) groups is 3. The molecule has 0 unspecified atom stereocenters. The van der Waals surface area contributed by atoms with Gasteiger partial charge in [0.25, 0.3) is 0 Å². The van der Waals surface area contributed by atoms with Gasteiger partial charge in [-0.15, -0.1) is 0 Å². The summed E-state index contributed by atoms with van der Waals surface area (Å²) in [6, 6.07) is 18.7. The molecule has 1 fully saturated rings. The van der Waals surface area contributed by atoms with Crippen LogP contribution in [0.4, 0.5) is 5.69 Å². The maximum Gasteiger partial charge on any atom is 0.227 e. The van der Waals surface area contributed by atoms with Gasteiger partial charge in [0.2, 0.25) is 17.7 Å². The van der Waals surface area contributed by atoms with E-state index >= 15 is 0 Å². The number of rotatable bonds is 9. The van der Waals surface area contributed by atoms with Crippen LogP contribution in [-0.2, 0) is 20.8 Å². The Labute approximate surface area is 200 Å². The molecular formula is C26H30N4O4. The lowest BCUT2D eigenvalue weighted by Gasteiger charge is -2.35. The lowest BCUT2D eigenvalue weighted by Crippen LogP contribution is -2.51. The molecule has 0 spiro atoms. The van der Waals surface area contributed by atoms with Crippen LogP contribution in [0.25, 0.3) is 0 Å². The van der Waals surface area contributed by atoms with E-state index in [9.17, 15) is 14.4 Å². The maximum atomic E-state index is 12.8. The molecule has 0 aliphatic carbocycles. The van der Waals surface area contributed by atoms with E-state index in [2.05, 4.69) is 6.07 Å². The van der Waals surface area contributed by atoms with Crippen molar-refractivity contribution in [2.75, 3.05) is 44.7 Å². The molecule has 8 heteroatoms. The predicted molar refractivity (Wildman–Crippen MR) is 128 cm³/mol. The molecule has 0 bridgehead atoms. The van der Waals surface area contributed by atoms with Crippen LogP contribution in [0.5, 0.6) is 5.75 Å². The number of piperazine rings is 1. The number of methoxy groups -OCH3 is 1. The highest BCUT2D eigenvalue weighted by Gasteiger charge is 2.25. The van der Waals surface area contributed by atoms with Crippen molar-refractivity contribution in [3.05, 3.63) is 60.2 Å². The number of para-hydroxylation sites is 1. The number of amides is 3. The molecule has 1 aliphatic heterocycles. The van der Waals surface area contributed by atoms with Crippen LogP contribution in [0.2, 0.25) is 0 Å². The SMILES string of the molecule is COc1cccc(CC(=O)N2CCN(C(=O)CCC(=O)N(CCC#N)c3ccccc3)CC2)c1. The van der Waals surface area contributed by atoms with Crippen molar-refractivity contribution in [2.24, 2.45) is 0 Å². The summed E-state index contributed by atoms with van der Waals surface area (Å²) in [5.74, 6) is 0.462. The smallest absolute Gasteiger partial charge is 0.227 e. The zero-order chi connectivity index (χ0) is 24.3. The van der Waals surface area contributed by atoms with Crippen molar-refractivity contribution in [1.82, 2.24) is 9.80 Å². The van der Waals surface area contributed by atoms with Gasteiger partial charge in [-0.3, -0.25) is 14.4 Å². The summed E-state index contributed by atoms with van der Waals surface area (Å²) in [4.78, 5) is 43.2. The fourth-order valence-electron chi connectivity index (χ4n) is 3.95. The standard InChI is InChI=1S/C26H30N4O4/c1-34-23-10-5-7-21(19-23)20-26(33)29-17-15-28(16-18-29)24(31)11-12-25(32)30(14-6-13-27)22-8-3-2-4-9-22/h2-5,7-10,19H,6,11-12,14-18,20H2,1H3. The number of benzene rings is 2. The minimum absolute atomic E-state index is 0.0199. The van der Waals surface area contributed by atoms with Gasteiger partial charge in [0, 0.05) is 51.3 Å². The molecule has 3 amide bonds. The van der Waals surface area contributed by atoms with E-state index in [1.54, 1.807) is 21.8 Å². The summed E-state index contributed by atoms with van der Waals surface area (Å²) in [7, 11) is 1.59. The van der Waals surface area contributed by atoms with Crippen molar-refractivity contribution >= 4 is 23.4 Å². The molecular weight excluding hydrogens is 432 g/mol. The molecule has 3 rings (SSSR count). The fraction of sp³-hybridized carbons (Fsp3) is 0.385. The average Bonchev–Trinajstić information content (AvgIpc) is 2.88. The monoisotopic (exact) mass is 462 g/mol. The summed E-state index contributed by atoms with van der Waals surface area (Å²) < 4.78 is 5.21. The highest BCUT2D eigenvalue weighted by atomic mass is 16.5. The number of anilines is 1. The first-order valence-corrected chi connectivity index (χ1v) is 11.4. The topological polar surface area (TPSA) is 93.9 Å². The Bertz CT molecular complexity index is 1030. The quantitative estimate of drug-likeness (QED) is 0.571. The van der Waals surface area contributed by atoms with Crippen molar-refractivity contribution < 1.29 is 19.1 Å². The van der Waals surface area contributed by atoms with Crippen molar-refractivity contribution in [1.29, 1.82) is 5.26 Å². The van der Waals surface area contributed by atoms with Crippen LogP contribution in [0.1, 0.15) is 24.8 Å². The lowest BCUT2D eigenvalue weighted by atomic mass is 10.1. The van der Waals surface area contributed by atoms with Crippen LogP contribution in [-0.4, -0.2) is 67.4 Å². The number of hydrogen-bond acceptors (Lipinski definition) is 5. The third kappa shape index (κ3) is 6.82. The molecule has 34 heavy (non-hydrogen) atoms. The van der Waals surface area contributed by atoms with Gasteiger partial charge in [0.15, 0.2) is 0 Å². The maximum absolute atomic E-state index is 12.8. The number of carbonyl (C=O) groups excluding carboxylic acids is 3. The Kier molecular flexibility index (Phi) is 9.04. The van der Waals surface area contributed by atoms with Gasteiger partial charge in [-0.05, 0) is 29.8 Å². The highest BCUT2D eigenvalue weighted by molar-refractivity contribution is 5.95. The van der Waals surface area contributed by atoms with E-state index in [0.717, 1.165) is 11.3 Å². The largest absolute Gasteiger partial charge is 0.497 e. The van der Waals surface area contributed by atoms with E-state index in [1.165, 1.54) is 0 Å². The number of ether oxygens (including phenoxy) is 1. The molecule has 1 saturated heterocycles. The van der Waals surface area contributed by atoms with Crippen LogP contribution in [0, 0.1) is 11.3 Å². The second kappa shape index (κ2) is 12.4. The van der Waals surface area contributed by atoms with Crippen molar-refractivity contribution in [3.8, 4) is 11.8 Å². The van der Waals surface area contributed by atoms with Crippen LogP contribution < -0.4 is 9.64 Å². The van der Waals surface area contributed by atoms with Gasteiger partial charge in [-0.2, -0.15) is 5.26 Å². The second-order valence-corrected chi connectivity index (χ2v) is 8.08. The third-order valence-corrected chi connectivity index (χ3v) is 5.84. The van der Waals surface area contributed by atoms with Gasteiger partial charge in [-0.1, -0.05) is 30.3 Å². The summed E-state index contributed by atoms with van der Waals surface area (Å²) >= 11 is 0. The van der Waals surface area contributed by atoms with E-state index in [1.807, 2.05) is 54.6 Å². The van der Waals surface area contributed by atoms with Crippen LogP contribution in [0.15, 0.2) is 54.6 Å². The first-order valence-electron chi connectivity index (χ1n) is 11.4. The van der Waals surface area contributed by atoms with Gasteiger partial charge >= 0.3 is 0 Å². The number of hydrogen-bond donors (Lipinski definition) is 0. The Morgan fingerprint density at radius 1 is 0.941 bits per heavy atom. The zero-order valence-electron chi connectivity index (χ0n) is 19.5. The van der Waals surface area contributed by atoms with Crippen molar-refractivity contribution in [2.45, 2.75) is 25.7 Å². The predicted octanol–water partition coefficient (Wildman–Crippen LogP) is 2.64. The first-order chi connectivity index (χ1) is 16.5. The molecule has 2 aromatic rings. The van der Waals surface area contributed by atoms with E-state index in [0.29, 0.717) is 38.5 Å². The molecule has 1 heterocycles. The molecule has 8 nitrogen and oxygen atoms in total. The van der Waals surface area contributed by atoms with E-state index in [4.69, 9.17) is 10.00 Å². The van der Waals surface area contributed by atoms with Crippen LogP contribution >= 0.6 is 0 Å². The van der Waals surface area contributed by atoms with Crippen LogP contribution in [0.3, 0.4) is 0 Å². The fourth-order valence-corrected chi connectivity index (χ4v) is 3.95. The molecule has 178 valence electrons. The Morgan fingerprint density at radius 3 is 2.26 bits per heavy atom. The normalized spacial score (nSPS) is 13.2. The van der Waals surface area contributed by atoms with Gasteiger partial charge in [-0.25, -0.2) is 0 Å². The van der Waals surface area contributed by atoms with Gasteiger partial charge < -0.3 is 19.4 Å². The summed E-state index contributed by atoms with van der Waals surface area (Å²) in [5.41, 5.74) is 1.61. The summed E-state index contributed by atoms with van der Waals surface area (Å²) in [6.07, 6.45) is 0.693. The lowest BCUT2D eigenvalue weighted by molar-refractivity contribution is -0.139. The second-order valence-electron chi connectivity index (χ2n) is 8.08. The summed E-state index contributed by atoms with van der Waals surface area (Å²) in [5, 5.41) is 8.92. The number of nitriles is 1. The van der Waals surface area contributed by atoms with Gasteiger partial charge in [0.05, 0.1) is 26.0 Å². The van der Waals surface area contributed by atoms with E-state index in [-0.39, 0.29) is 43.4 Å². The molecule has 0 N–H and O–H groups in total. The molecule has 0 aromatic heterocycles. The molecule has 1 aliphatic rings. The molecule has 0 saturated carbocycles. The molecule has 0 atom stereocenters. The molecule has 2 aromatic carbocycles. The number of nitrogens with zero attached hydrogens (tertiary/aromatic N) is 4. The Morgan fingerprint density at radius 2 is 1.62 bits per heavy atom. The average molecular weight is 463 g/mol. The minimum atomic E-state index is -0.179. The minimum Gasteiger partial charge on any atom is -0.497 e. The summed E-state index contributed by atoms with van der Waals surface area (Å²) in [6.45, 7) is 2.14. The van der Waals surface area contributed by atoms with Gasteiger partial charge in [0.1, 0.15) is 5.75 Å². The molecule has 0 radical (unpaired) electrons. The van der Waals surface area contributed by atoms with E-state index < -0.39 is 0 Å². The highest BCUT2D eigenvalue weighted by Crippen LogP contribution is 2.17. The third-order valence-electron chi connectivity index (χ3n) is 5.84. The zero-order valence-corrected chi connectivity index (χ0v) is 19.5. The van der Waals surface area contributed by atoms with Crippen molar-refractivity contribution in [3.63, 3.8) is 0 Å².